The third-order valence-corrected chi connectivity index (χ3v) is 4.70. The standard InChI is InChI=1S/C24H15/c1-2-7-18-14-22(13-12-17(18)6-1)23-11-5-10-21-15-19-8-3-4-9-20(19)16-24(21)23/h1-13,15-16H. The topological polar surface area (TPSA) is 0 Å². The highest BCUT2D eigenvalue weighted by Crippen LogP contribution is 2.32. The molecule has 0 saturated heterocycles. The van der Waals surface area contributed by atoms with Gasteiger partial charge in [-0.1, -0.05) is 78.9 Å². The summed E-state index contributed by atoms with van der Waals surface area (Å²) in [6.45, 7) is 0. The van der Waals surface area contributed by atoms with Crippen molar-refractivity contribution in [2.24, 2.45) is 0 Å². The highest BCUT2D eigenvalue weighted by molar-refractivity contribution is 6.05. The van der Waals surface area contributed by atoms with E-state index in [1.54, 1.807) is 0 Å². The monoisotopic (exact) mass is 303 g/mol. The zero-order valence-electron chi connectivity index (χ0n) is 13.2. The van der Waals surface area contributed by atoms with Crippen LogP contribution in [0.4, 0.5) is 0 Å². The van der Waals surface area contributed by atoms with Crippen LogP contribution < -0.4 is 0 Å². The lowest BCUT2D eigenvalue weighted by Crippen LogP contribution is -1.84. The molecule has 0 saturated carbocycles. The van der Waals surface area contributed by atoms with Gasteiger partial charge in [0.1, 0.15) is 0 Å². The molecule has 0 aliphatic heterocycles. The van der Waals surface area contributed by atoms with E-state index in [0.717, 1.165) is 10.9 Å². The van der Waals surface area contributed by atoms with Crippen molar-refractivity contribution < 1.29 is 0 Å². The summed E-state index contributed by atoms with van der Waals surface area (Å²) >= 11 is 0. The van der Waals surface area contributed by atoms with Crippen LogP contribution in [0.5, 0.6) is 0 Å². The molecule has 0 atom stereocenters. The van der Waals surface area contributed by atoms with Gasteiger partial charge in [0.2, 0.25) is 0 Å². The summed E-state index contributed by atoms with van der Waals surface area (Å²) in [6, 6.07) is 35.9. The van der Waals surface area contributed by atoms with Crippen molar-refractivity contribution >= 4 is 32.3 Å². The van der Waals surface area contributed by atoms with Crippen molar-refractivity contribution in [1.82, 2.24) is 0 Å². The van der Waals surface area contributed by atoms with Crippen molar-refractivity contribution in [1.29, 1.82) is 0 Å². The molecule has 111 valence electrons. The second kappa shape index (κ2) is 5.21. The van der Waals surface area contributed by atoms with Crippen LogP contribution in [0.25, 0.3) is 43.4 Å². The maximum atomic E-state index is 3.58. The number of hydrogen-bond acceptors (Lipinski definition) is 0. The van der Waals surface area contributed by atoms with Gasteiger partial charge in [-0.05, 0) is 61.6 Å². The summed E-state index contributed by atoms with van der Waals surface area (Å²) in [5, 5.41) is 7.50. The lowest BCUT2D eigenvalue weighted by atomic mass is 9.94. The Morgan fingerprint density at radius 3 is 2.08 bits per heavy atom. The lowest BCUT2D eigenvalue weighted by molar-refractivity contribution is 1.68. The summed E-state index contributed by atoms with van der Waals surface area (Å²) in [7, 11) is 0. The maximum absolute atomic E-state index is 3.58. The zero-order chi connectivity index (χ0) is 15.9. The fraction of sp³-hybridized carbons (Fsp3) is 0. The minimum atomic E-state index is 1.15. The van der Waals surface area contributed by atoms with Crippen LogP contribution in [-0.4, -0.2) is 0 Å². The third-order valence-electron chi connectivity index (χ3n) is 4.70. The molecule has 0 unspecified atom stereocenters. The van der Waals surface area contributed by atoms with Crippen molar-refractivity contribution in [3.05, 3.63) is 97.1 Å². The van der Waals surface area contributed by atoms with Crippen molar-refractivity contribution in [3.63, 3.8) is 0 Å². The van der Waals surface area contributed by atoms with Crippen molar-refractivity contribution in [2.45, 2.75) is 0 Å². The molecule has 24 heavy (non-hydrogen) atoms. The molecule has 5 aromatic rings. The van der Waals surface area contributed by atoms with E-state index >= 15 is 0 Å². The Morgan fingerprint density at radius 1 is 0.500 bits per heavy atom. The number of benzene rings is 5. The second-order valence-electron chi connectivity index (χ2n) is 6.19. The van der Waals surface area contributed by atoms with E-state index in [2.05, 4.69) is 97.1 Å². The first kappa shape index (κ1) is 13.3. The zero-order valence-corrected chi connectivity index (χ0v) is 13.2. The predicted octanol–water partition coefficient (Wildman–Crippen LogP) is 6.61. The average Bonchev–Trinajstić information content (AvgIpc) is 2.65. The molecule has 0 N–H and O–H groups in total. The van der Waals surface area contributed by atoms with Gasteiger partial charge in [0.25, 0.3) is 0 Å². The normalized spacial score (nSPS) is 11.3. The Bertz CT molecular complexity index is 1200. The Labute approximate surface area is 141 Å². The smallest absolute Gasteiger partial charge is 0.00141 e. The molecule has 0 nitrogen and oxygen atoms in total. The molecular weight excluding hydrogens is 288 g/mol. The Morgan fingerprint density at radius 2 is 1.21 bits per heavy atom. The van der Waals surface area contributed by atoms with Crippen LogP contribution in [0.1, 0.15) is 0 Å². The van der Waals surface area contributed by atoms with Gasteiger partial charge in [-0.2, -0.15) is 0 Å². The van der Waals surface area contributed by atoms with Gasteiger partial charge in [0.15, 0.2) is 0 Å². The summed E-state index contributed by atoms with van der Waals surface area (Å²) < 4.78 is 0. The molecular formula is C24H15. The van der Waals surface area contributed by atoms with Crippen LogP contribution in [-0.2, 0) is 0 Å². The SMILES string of the molecule is [c]1c(-c2cccc3cc4ccccc4cc23)ccc2ccccc12. The first-order valence-electron chi connectivity index (χ1n) is 8.21. The van der Waals surface area contributed by atoms with E-state index in [1.807, 2.05) is 0 Å². The van der Waals surface area contributed by atoms with Crippen LogP contribution in [0.3, 0.4) is 0 Å². The Balaban J connectivity index is 1.82. The summed E-state index contributed by atoms with van der Waals surface area (Å²) in [5.74, 6) is 0. The Kier molecular flexibility index (Phi) is 2.89. The Hall–Kier alpha value is -3.12. The molecule has 0 aliphatic carbocycles. The van der Waals surface area contributed by atoms with Gasteiger partial charge in [-0.3, -0.25) is 0 Å². The third kappa shape index (κ3) is 2.08. The first-order valence-corrected chi connectivity index (χ1v) is 8.21. The molecule has 5 rings (SSSR count). The van der Waals surface area contributed by atoms with Crippen LogP contribution in [0.2, 0.25) is 0 Å². The van der Waals surface area contributed by atoms with Gasteiger partial charge >= 0.3 is 0 Å². The quantitative estimate of drug-likeness (QED) is 0.305. The molecule has 5 aromatic carbocycles. The van der Waals surface area contributed by atoms with E-state index in [9.17, 15) is 0 Å². The fourth-order valence-corrected chi connectivity index (χ4v) is 3.47. The average molecular weight is 303 g/mol. The molecule has 0 aliphatic rings. The summed E-state index contributed by atoms with van der Waals surface area (Å²) in [5.41, 5.74) is 2.39. The number of fused-ring (bicyclic) bond motifs is 3. The van der Waals surface area contributed by atoms with E-state index in [1.165, 1.54) is 32.5 Å². The minimum Gasteiger partial charge on any atom is -0.0616 e. The molecule has 0 fully saturated rings. The molecule has 0 spiro atoms. The first-order chi connectivity index (χ1) is 11.9. The number of hydrogen-bond donors (Lipinski definition) is 0. The van der Waals surface area contributed by atoms with Crippen LogP contribution in [0, 0.1) is 6.07 Å². The molecule has 0 aromatic heterocycles. The fourth-order valence-electron chi connectivity index (χ4n) is 3.47. The number of rotatable bonds is 1. The van der Waals surface area contributed by atoms with Crippen molar-refractivity contribution in [2.75, 3.05) is 0 Å². The van der Waals surface area contributed by atoms with Crippen molar-refractivity contribution in [3.8, 4) is 11.1 Å². The second-order valence-corrected chi connectivity index (χ2v) is 6.19. The van der Waals surface area contributed by atoms with Gasteiger partial charge in [0, 0.05) is 0 Å². The minimum absolute atomic E-state index is 1.15. The molecule has 0 bridgehead atoms. The van der Waals surface area contributed by atoms with E-state index in [0.29, 0.717) is 0 Å². The van der Waals surface area contributed by atoms with Gasteiger partial charge in [-0.25, -0.2) is 0 Å². The highest BCUT2D eigenvalue weighted by Gasteiger charge is 2.06. The molecule has 0 amide bonds. The van der Waals surface area contributed by atoms with Gasteiger partial charge < -0.3 is 0 Å². The maximum Gasteiger partial charge on any atom is -0.00141 e. The van der Waals surface area contributed by atoms with E-state index < -0.39 is 0 Å². The van der Waals surface area contributed by atoms with Gasteiger partial charge in [0.05, 0.1) is 0 Å². The van der Waals surface area contributed by atoms with E-state index in [-0.39, 0.29) is 0 Å². The molecule has 0 heterocycles. The predicted molar refractivity (Wildman–Crippen MR) is 103 cm³/mol. The summed E-state index contributed by atoms with van der Waals surface area (Å²) in [4.78, 5) is 0. The highest BCUT2D eigenvalue weighted by atomic mass is 14.1. The van der Waals surface area contributed by atoms with Crippen LogP contribution >= 0.6 is 0 Å². The largest absolute Gasteiger partial charge is 0.0616 e. The van der Waals surface area contributed by atoms with E-state index in [4.69, 9.17) is 0 Å². The van der Waals surface area contributed by atoms with Gasteiger partial charge in [-0.15, -0.1) is 0 Å². The molecule has 0 heteroatoms. The van der Waals surface area contributed by atoms with Crippen LogP contribution in [0.15, 0.2) is 91.0 Å². The molecule has 1 radical (unpaired) electrons. The lowest BCUT2D eigenvalue weighted by Gasteiger charge is -2.09. The summed E-state index contributed by atoms with van der Waals surface area (Å²) in [6.07, 6.45) is 0.